The van der Waals surface area contributed by atoms with Gasteiger partial charge in [0.1, 0.15) is 0 Å². The highest BCUT2D eigenvalue weighted by molar-refractivity contribution is 5.30. The van der Waals surface area contributed by atoms with Crippen LogP contribution in [0.2, 0.25) is 0 Å². The first-order valence-corrected chi connectivity index (χ1v) is 6.30. The van der Waals surface area contributed by atoms with Crippen LogP contribution in [0.3, 0.4) is 0 Å². The van der Waals surface area contributed by atoms with Crippen molar-refractivity contribution in [1.82, 2.24) is 4.90 Å². The summed E-state index contributed by atoms with van der Waals surface area (Å²) in [5.41, 5.74) is 4.49. The molecule has 88 valence electrons. The molecule has 2 aliphatic rings. The fourth-order valence-electron chi connectivity index (χ4n) is 3.47. The minimum Gasteiger partial charge on any atom is -0.289 e. The van der Waals surface area contributed by atoms with Gasteiger partial charge in [0.15, 0.2) is 0 Å². The van der Waals surface area contributed by atoms with Gasteiger partial charge in [0, 0.05) is 18.6 Å². The molecule has 2 saturated heterocycles. The quantitative estimate of drug-likeness (QED) is 0.699. The summed E-state index contributed by atoms with van der Waals surface area (Å²) in [5.74, 6) is 0. The van der Waals surface area contributed by atoms with Gasteiger partial charge in [-0.05, 0) is 24.8 Å². The van der Waals surface area contributed by atoms with E-state index in [1.54, 1.807) is 0 Å². The van der Waals surface area contributed by atoms with Crippen molar-refractivity contribution in [2.45, 2.75) is 24.8 Å². The van der Waals surface area contributed by atoms with Gasteiger partial charge in [0.25, 0.3) is 0 Å². The lowest BCUT2D eigenvalue weighted by Gasteiger charge is -2.31. The minimum atomic E-state index is 0.287. The van der Waals surface area contributed by atoms with Crippen LogP contribution < -0.4 is 0 Å². The van der Waals surface area contributed by atoms with Crippen molar-refractivity contribution in [3.05, 3.63) is 60.2 Å². The Morgan fingerprint density at radius 2 is 1.59 bits per heavy atom. The van der Waals surface area contributed by atoms with Crippen molar-refractivity contribution < 1.29 is 0 Å². The van der Waals surface area contributed by atoms with Gasteiger partial charge < -0.3 is 0 Å². The molecule has 2 fully saturated rings. The zero-order chi connectivity index (χ0) is 11.9. The van der Waals surface area contributed by atoms with Crippen LogP contribution in [0, 0.1) is 0 Å². The highest BCUT2D eigenvalue weighted by atomic mass is 15.2. The molecule has 2 aliphatic heterocycles. The van der Waals surface area contributed by atoms with Crippen LogP contribution in [0.25, 0.3) is 0 Å². The molecular weight excluding hydrogens is 206 g/mol. The first kappa shape index (κ1) is 10.8. The molecule has 0 amide bonds. The van der Waals surface area contributed by atoms with Crippen LogP contribution in [-0.4, -0.2) is 23.5 Å². The molecule has 0 atom stereocenters. The van der Waals surface area contributed by atoms with Gasteiger partial charge in [-0.2, -0.15) is 0 Å². The predicted octanol–water partition coefficient (Wildman–Crippen LogP) is 3.19. The smallest absolute Gasteiger partial charge is 0.0331 e. The van der Waals surface area contributed by atoms with Crippen LogP contribution >= 0.6 is 0 Å². The number of nitrogens with zero attached hydrogens (tertiary/aromatic N) is 1. The summed E-state index contributed by atoms with van der Waals surface area (Å²) in [5, 5.41) is 0. The van der Waals surface area contributed by atoms with Crippen LogP contribution in [0.1, 0.15) is 18.4 Å². The number of benzene rings is 1. The lowest BCUT2D eigenvalue weighted by molar-refractivity contribution is 0.195. The molecule has 0 aliphatic carbocycles. The summed E-state index contributed by atoms with van der Waals surface area (Å²) in [6.07, 6.45) is 3.41. The molecule has 17 heavy (non-hydrogen) atoms. The summed E-state index contributed by atoms with van der Waals surface area (Å²) >= 11 is 0. The summed E-state index contributed by atoms with van der Waals surface area (Å²) < 4.78 is 0. The van der Waals surface area contributed by atoms with E-state index in [9.17, 15) is 0 Å². The van der Waals surface area contributed by atoms with Crippen LogP contribution in [0.5, 0.6) is 0 Å². The standard InChI is InChI=1S/C16H19N/c1-13-8-16(9-14(2)12-17(16)11-13)10-15-6-4-3-5-7-15/h3-7H,1-2,8-12H2. The maximum absolute atomic E-state index is 4.18. The van der Waals surface area contributed by atoms with Gasteiger partial charge in [0.2, 0.25) is 0 Å². The molecule has 0 saturated carbocycles. The molecule has 0 aromatic heterocycles. The monoisotopic (exact) mass is 225 g/mol. The van der Waals surface area contributed by atoms with Gasteiger partial charge in [-0.25, -0.2) is 0 Å². The van der Waals surface area contributed by atoms with Gasteiger partial charge in [-0.15, -0.1) is 0 Å². The third kappa shape index (κ3) is 1.85. The van der Waals surface area contributed by atoms with E-state index in [2.05, 4.69) is 48.4 Å². The van der Waals surface area contributed by atoms with Crippen molar-refractivity contribution in [3.63, 3.8) is 0 Å². The Morgan fingerprint density at radius 1 is 1.00 bits per heavy atom. The zero-order valence-electron chi connectivity index (χ0n) is 10.3. The summed E-state index contributed by atoms with van der Waals surface area (Å²) in [7, 11) is 0. The molecule has 1 aromatic carbocycles. The second kappa shape index (κ2) is 3.85. The Kier molecular flexibility index (Phi) is 2.44. The molecular formula is C16H19N. The van der Waals surface area contributed by atoms with Crippen molar-refractivity contribution >= 4 is 0 Å². The molecule has 1 heteroatoms. The fraction of sp³-hybridized carbons (Fsp3) is 0.375. The normalized spacial score (nSPS) is 23.1. The SMILES string of the molecule is C=C1CN2CC(=C)CC2(Cc2ccccc2)C1. The van der Waals surface area contributed by atoms with E-state index >= 15 is 0 Å². The maximum atomic E-state index is 4.18. The van der Waals surface area contributed by atoms with Crippen LogP contribution in [0.15, 0.2) is 54.6 Å². The summed E-state index contributed by atoms with van der Waals surface area (Å²) in [6.45, 7) is 10.5. The topological polar surface area (TPSA) is 3.24 Å². The Bertz CT molecular complexity index is 438. The Balaban J connectivity index is 1.89. The van der Waals surface area contributed by atoms with E-state index in [1.807, 2.05) is 0 Å². The van der Waals surface area contributed by atoms with E-state index in [1.165, 1.54) is 16.7 Å². The Morgan fingerprint density at radius 3 is 2.18 bits per heavy atom. The number of fused-ring (bicyclic) bond motifs is 1. The molecule has 1 nitrogen and oxygen atoms in total. The van der Waals surface area contributed by atoms with Crippen molar-refractivity contribution in [3.8, 4) is 0 Å². The van der Waals surface area contributed by atoms with E-state index in [0.717, 1.165) is 32.4 Å². The molecule has 3 rings (SSSR count). The lowest BCUT2D eigenvalue weighted by Crippen LogP contribution is -2.40. The molecule has 0 N–H and O–H groups in total. The highest BCUT2D eigenvalue weighted by Crippen LogP contribution is 2.44. The number of rotatable bonds is 2. The van der Waals surface area contributed by atoms with Crippen molar-refractivity contribution in [2.24, 2.45) is 0 Å². The summed E-state index contributed by atoms with van der Waals surface area (Å²) in [4.78, 5) is 2.57. The number of hydrogen-bond acceptors (Lipinski definition) is 1. The van der Waals surface area contributed by atoms with Crippen LogP contribution in [-0.2, 0) is 6.42 Å². The van der Waals surface area contributed by atoms with Gasteiger partial charge in [-0.3, -0.25) is 4.90 Å². The molecule has 1 aromatic rings. The molecule has 0 unspecified atom stereocenters. The second-order valence-corrected chi connectivity index (χ2v) is 5.60. The largest absolute Gasteiger partial charge is 0.289 e. The first-order valence-electron chi connectivity index (χ1n) is 6.30. The van der Waals surface area contributed by atoms with Gasteiger partial charge in [0.05, 0.1) is 0 Å². The third-order valence-electron chi connectivity index (χ3n) is 4.03. The maximum Gasteiger partial charge on any atom is 0.0331 e. The van der Waals surface area contributed by atoms with Crippen molar-refractivity contribution in [2.75, 3.05) is 13.1 Å². The number of hydrogen-bond donors (Lipinski definition) is 0. The third-order valence-corrected chi connectivity index (χ3v) is 4.03. The molecule has 0 spiro atoms. The van der Waals surface area contributed by atoms with E-state index in [4.69, 9.17) is 0 Å². The van der Waals surface area contributed by atoms with Gasteiger partial charge in [-0.1, -0.05) is 54.6 Å². The van der Waals surface area contributed by atoms with Gasteiger partial charge >= 0.3 is 0 Å². The highest BCUT2D eigenvalue weighted by Gasteiger charge is 2.46. The second-order valence-electron chi connectivity index (χ2n) is 5.60. The summed E-state index contributed by atoms with van der Waals surface area (Å²) in [6, 6.07) is 10.8. The Hall–Kier alpha value is -1.34. The fourth-order valence-corrected chi connectivity index (χ4v) is 3.47. The molecule has 0 radical (unpaired) electrons. The van der Waals surface area contributed by atoms with Crippen molar-refractivity contribution in [1.29, 1.82) is 0 Å². The molecule has 0 bridgehead atoms. The lowest BCUT2D eigenvalue weighted by atomic mass is 9.85. The average Bonchev–Trinajstić information content (AvgIpc) is 2.69. The average molecular weight is 225 g/mol. The van der Waals surface area contributed by atoms with E-state index in [0.29, 0.717) is 0 Å². The van der Waals surface area contributed by atoms with Crippen LogP contribution in [0.4, 0.5) is 0 Å². The first-order chi connectivity index (χ1) is 8.18. The minimum absolute atomic E-state index is 0.287. The van der Waals surface area contributed by atoms with E-state index < -0.39 is 0 Å². The zero-order valence-corrected chi connectivity index (χ0v) is 10.3. The molecule has 2 heterocycles. The predicted molar refractivity (Wildman–Crippen MR) is 72.0 cm³/mol. The Labute approximate surface area is 103 Å². The van der Waals surface area contributed by atoms with E-state index in [-0.39, 0.29) is 5.54 Å².